The van der Waals surface area contributed by atoms with Crippen LogP contribution in [0.5, 0.6) is 5.88 Å². The number of aromatic nitrogens is 1. The van der Waals surface area contributed by atoms with Gasteiger partial charge in [0, 0.05) is 11.6 Å². The van der Waals surface area contributed by atoms with E-state index < -0.39 is 11.4 Å². The van der Waals surface area contributed by atoms with Crippen molar-refractivity contribution in [2.75, 3.05) is 6.61 Å². The number of hydrogen-bond acceptors (Lipinski definition) is 4. The molecule has 0 bridgehead atoms. The van der Waals surface area contributed by atoms with Crippen LogP contribution in [-0.4, -0.2) is 23.0 Å². The molecule has 0 aliphatic heterocycles. The second-order valence-corrected chi connectivity index (χ2v) is 4.02. The standard InChI is InChI=1S/C11H17N3O2/c1-3-11(2,13)7-16-9-6-4-5-8(14-9)10(12)15/h4-6H,3,7,13H2,1-2H3,(H2,12,15). The molecule has 0 aliphatic carbocycles. The van der Waals surface area contributed by atoms with E-state index in [1.165, 1.54) is 6.07 Å². The van der Waals surface area contributed by atoms with E-state index in [1.54, 1.807) is 12.1 Å². The fourth-order valence-corrected chi connectivity index (χ4v) is 0.973. The number of amides is 1. The Kier molecular flexibility index (Phi) is 3.84. The first-order chi connectivity index (χ1) is 7.44. The third-order valence-electron chi connectivity index (χ3n) is 2.33. The van der Waals surface area contributed by atoms with Gasteiger partial charge in [-0.1, -0.05) is 13.0 Å². The highest BCUT2D eigenvalue weighted by Crippen LogP contribution is 2.11. The Balaban J connectivity index is 2.68. The highest BCUT2D eigenvalue weighted by molar-refractivity contribution is 5.90. The molecule has 16 heavy (non-hydrogen) atoms. The summed E-state index contributed by atoms with van der Waals surface area (Å²) in [6.45, 7) is 4.22. The zero-order valence-corrected chi connectivity index (χ0v) is 9.56. The van der Waals surface area contributed by atoms with Crippen LogP contribution >= 0.6 is 0 Å². The molecule has 1 aromatic heterocycles. The molecule has 0 saturated carbocycles. The highest BCUT2D eigenvalue weighted by atomic mass is 16.5. The Labute approximate surface area is 94.8 Å². The van der Waals surface area contributed by atoms with Gasteiger partial charge in [0.25, 0.3) is 5.91 Å². The lowest BCUT2D eigenvalue weighted by Gasteiger charge is -2.22. The monoisotopic (exact) mass is 223 g/mol. The predicted molar refractivity (Wildman–Crippen MR) is 61.1 cm³/mol. The van der Waals surface area contributed by atoms with E-state index in [4.69, 9.17) is 16.2 Å². The molecule has 1 amide bonds. The Hall–Kier alpha value is -1.62. The van der Waals surface area contributed by atoms with Crippen LogP contribution < -0.4 is 16.2 Å². The minimum Gasteiger partial charge on any atom is -0.476 e. The summed E-state index contributed by atoms with van der Waals surface area (Å²) in [6.07, 6.45) is 0.794. The molecule has 0 radical (unpaired) electrons. The Morgan fingerprint density at radius 3 is 2.81 bits per heavy atom. The number of hydrogen-bond donors (Lipinski definition) is 2. The molecule has 0 fully saturated rings. The zero-order chi connectivity index (χ0) is 12.2. The maximum Gasteiger partial charge on any atom is 0.267 e. The van der Waals surface area contributed by atoms with Crippen LogP contribution in [0.3, 0.4) is 0 Å². The molecule has 1 aromatic rings. The van der Waals surface area contributed by atoms with Crippen molar-refractivity contribution in [3.8, 4) is 5.88 Å². The van der Waals surface area contributed by atoms with Gasteiger partial charge in [-0.25, -0.2) is 4.98 Å². The van der Waals surface area contributed by atoms with Crippen LogP contribution in [0.4, 0.5) is 0 Å². The SMILES string of the molecule is CCC(C)(N)COc1cccc(C(N)=O)n1. The Bertz CT molecular complexity index is 377. The predicted octanol–water partition coefficient (Wildman–Crippen LogP) is 0.687. The summed E-state index contributed by atoms with van der Waals surface area (Å²) >= 11 is 0. The van der Waals surface area contributed by atoms with E-state index in [-0.39, 0.29) is 5.69 Å². The van der Waals surface area contributed by atoms with E-state index in [2.05, 4.69) is 4.98 Å². The summed E-state index contributed by atoms with van der Waals surface area (Å²) in [4.78, 5) is 14.8. The molecule has 0 spiro atoms. The molecule has 1 atom stereocenters. The van der Waals surface area contributed by atoms with Crippen LogP contribution in [0.1, 0.15) is 30.8 Å². The molecule has 4 N–H and O–H groups in total. The number of carbonyl (C=O) groups excluding carboxylic acids is 1. The molecule has 1 unspecified atom stereocenters. The van der Waals surface area contributed by atoms with Gasteiger partial charge in [0.1, 0.15) is 12.3 Å². The van der Waals surface area contributed by atoms with Gasteiger partial charge in [0.05, 0.1) is 0 Å². The van der Waals surface area contributed by atoms with Crippen molar-refractivity contribution in [3.63, 3.8) is 0 Å². The van der Waals surface area contributed by atoms with E-state index >= 15 is 0 Å². The molecular weight excluding hydrogens is 206 g/mol. The van der Waals surface area contributed by atoms with Gasteiger partial charge in [0.2, 0.25) is 5.88 Å². The van der Waals surface area contributed by atoms with E-state index in [0.29, 0.717) is 12.5 Å². The van der Waals surface area contributed by atoms with Crippen molar-refractivity contribution < 1.29 is 9.53 Å². The fourth-order valence-electron chi connectivity index (χ4n) is 0.973. The van der Waals surface area contributed by atoms with E-state index in [0.717, 1.165) is 6.42 Å². The third kappa shape index (κ3) is 3.51. The lowest BCUT2D eigenvalue weighted by Crippen LogP contribution is -2.41. The largest absolute Gasteiger partial charge is 0.476 e. The number of carbonyl (C=O) groups is 1. The summed E-state index contributed by atoms with van der Waals surface area (Å²) in [5, 5.41) is 0. The van der Waals surface area contributed by atoms with Crippen LogP contribution in [0.2, 0.25) is 0 Å². The number of primary amides is 1. The summed E-state index contributed by atoms with van der Waals surface area (Å²) < 4.78 is 5.41. The van der Waals surface area contributed by atoms with Crippen molar-refractivity contribution in [1.29, 1.82) is 0 Å². The molecule has 1 heterocycles. The molecule has 5 heteroatoms. The van der Waals surface area contributed by atoms with Gasteiger partial charge in [-0.2, -0.15) is 0 Å². The number of rotatable bonds is 5. The normalized spacial score (nSPS) is 14.2. The van der Waals surface area contributed by atoms with Crippen LogP contribution in [0, 0.1) is 0 Å². The second kappa shape index (κ2) is 4.94. The molecule has 1 rings (SSSR count). The molecule has 0 saturated heterocycles. The summed E-state index contributed by atoms with van der Waals surface area (Å²) in [6, 6.07) is 4.87. The van der Waals surface area contributed by atoms with Gasteiger partial charge in [-0.3, -0.25) is 4.79 Å². The molecule has 0 aromatic carbocycles. The topological polar surface area (TPSA) is 91.2 Å². The minimum atomic E-state index is -0.573. The summed E-state index contributed by atoms with van der Waals surface area (Å²) in [7, 11) is 0. The minimum absolute atomic E-state index is 0.188. The lowest BCUT2D eigenvalue weighted by atomic mass is 10.0. The first kappa shape index (κ1) is 12.4. The maximum absolute atomic E-state index is 10.9. The van der Waals surface area contributed by atoms with Crippen molar-refractivity contribution in [3.05, 3.63) is 23.9 Å². The van der Waals surface area contributed by atoms with Crippen molar-refractivity contribution >= 4 is 5.91 Å². The Morgan fingerprint density at radius 1 is 1.56 bits per heavy atom. The van der Waals surface area contributed by atoms with Crippen LogP contribution in [0.25, 0.3) is 0 Å². The molecule has 0 aliphatic rings. The number of pyridine rings is 1. The summed E-state index contributed by atoms with van der Waals surface area (Å²) in [5.41, 5.74) is 10.8. The first-order valence-electron chi connectivity index (χ1n) is 5.13. The van der Waals surface area contributed by atoms with Gasteiger partial charge in [-0.15, -0.1) is 0 Å². The second-order valence-electron chi connectivity index (χ2n) is 4.02. The maximum atomic E-state index is 10.9. The van der Waals surface area contributed by atoms with Crippen molar-refractivity contribution in [2.24, 2.45) is 11.5 Å². The molecule has 88 valence electrons. The lowest BCUT2D eigenvalue weighted by molar-refractivity contribution is 0.0994. The molecular formula is C11H17N3O2. The number of nitrogens with zero attached hydrogens (tertiary/aromatic N) is 1. The average molecular weight is 223 g/mol. The number of ether oxygens (including phenoxy) is 1. The average Bonchev–Trinajstić information content (AvgIpc) is 2.27. The van der Waals surface area contributed by atoms with Crippen LogP contribution in [-0.2, 0) is 0 Å². The quantitative estimate of drug-likeness (QED) is 0.768. The number of nitrogens with two attached hydrogens (primary N) is 2. The van der Waals surface area contributed by atoms with Crippen molar-refractivity contribution in [2.45, 2.75) is 25.8 Å². The fraction of sp³-hybridized carbons (Fsp3) is 0.455. The molecule has 5 nitrogen and oxygen atoms in total. The smallest absolute Gasteiger partial charge is 0.267 e. The van der Waals surface area contributed by atoms with E-state index in [1.807, 2.05) is 13.8 Å². The van der Waals surface area contributed by atoms with Crippen LogP contribution in [0.15, 0.2) is 18.2 Å². The highest BCUT2D eigenvalue weighted by Gasteiger charge is 2.16. The third-order valence-corrected chi connectivity index (χ3v) is 2.33. The van der Waals surface area contributed by atoms with Gasteiger partial charge in [0.15, 0.2) is 0 Å². The summed E-state index contributed by atoms with van der Waals surface area (Å²) in [5.74, 6) is -0.210. The van der Waals surface area contributed by atoms with Gasteiger partial charge < -0.3 is 16.2 Å². The van der Waals surface area contributed by atoms with Gasteiger partial charge in [-0.05, 0) is 19.4 Å². The van der Waals surface area contributed by atoms with Crippen molar-refractivity contribution in [1.82, 2.24) is 4.98 Å². The van der Waals surface area contributed by atoms with Gasteiger partial charge >= 0.3 is 0 Å². The Morgan fingerprint density at radius 2 is 2.25 bits per heavy atom. The van der Waals surface area contributed by atoms with E-state index in [9.17, 15) is 4.79 Å². The zero-order valence-electron chi connectivity index (χ0n) is 9.56. The first-order valence-corrected chi connectivity index (χ1v) is 5.13.